The molecule has 2 aromatic heterocycles. The van der Waals surface area contributed by atoms with Crippen molar-refractivity contribution in [3.8, 4) is 11.3 Å². The van der Waals surface area contributed by atoms with Gasteiger partial charge in [0.15, 0.2) is 0 Å². The normalized spacial score (nSPS) is 10.6. The average molecular weight is 278 g/mol. The van der Waals surface area contributed by atoms with Crippen molar-refractivity contribution in [3.63, 3.8) is 0 Å². The number of rotatable bonds is 4. The molecule has 2 rings (SSSR count). The highest BCUT2D eigenvalue weighted by molar-refractivity contribution is 5.95. The highest BCUT2D eigenvalue weighted by Crippen LogP contribution is 2.17. The van der Waals surface area contributed by atoms with Crippen LogP contribution in [0.5, 0.6) is 0 Å². The van der Waals surface area contributed by atoms with E-state index in [0.29, 0.717) is 17.1 Å². The number of nitrogens with two attached hydrogens (primary N) is 1. The number of pyridine rings is 2. The van der Waals surface area contributed by atoms with Gasteiger partial charge in [-0.3, -0.25) is 9.78 Å². The van der Waals surface area contributed by atoms with Crippen LogP contribution in [0.1, 0.15) is 10.4 Å². The molecule has 3 N–H and O–H groups in total. The first-order chi connectivity index (χ1) is 9.56. The summed E-state index contributed by atoms with van der Waals surface area (Å²) in [4.78, 5) is 19.7. The average Bonchev–Trinajstić information content (AvgIpc) is 2.45. The van der Waals surface area contributed by atoms with E-state index >= 15 is 0 Å². The highest BCUT2D eigenvalue weighted by Gasteiger charge is 2.10. The third-order valence-electron chi connectivity index (χ3n) is 2.52. The Hall–Kier alpha value is -2.57. The Morgan fingerprint density at radius 3 is 2.75 bits per heavy atom. The van der Waals surface area contributed by atoms with Crippen molar-refractivity contribution in [3.05, 3.63) is 42.2 Å². The fourth-order valence-electron chi connectivity index (χ4n) is 1.56. The summed E-state index contributed by atoms with van der Waals surface area (Å²) in [5, 5.41) is 2.13. The van der Waals surface area contributed by atoms with E-state index in [-0.39, 0.29) is 5.56 Å². The molecule has 0 fully saturated rings. The molecule has 0 aliphatic carbocycles. The summed E-state index contributed by atoms with van der Waals surface area (Å²) in [5.74, 6) is -0.197. The monoisotopic (exact) mass is 278 g/mol. The Labute approximate surface area is 113 Å². The molecule has 0 aliphatic rings. The van der Waals surface area contributed by atoms with E-state index in [1.807, 2.05) is 0 Å². The van der Waals surface area contributed by atoms with Gasteiger partial charge in [0.2, 0.25) is 0 Å². The predicted octanol–water partition coefficient (Wildman–Crippen LogP) is 1.72. The Kier molecular flexibility index (Phi) is 4.19. The zero-order valence-electron chi connectivity index (χ0n) is 10.4. The molecule has 0 atom stereocenters. The summed E-state index contributed by atoms with van der Waals surface area (Å²) in [6.45, 7) is -0.681. The van der Waals surface area contributed by atoms with Gasteiger partial charge < -0.3 is 11.1 Å². The van der Waals surface area contributed by atoms with Crippen LogP contribution in [-0.4, -0.2) is 28.8 Å². The van der Waals surface area contributed by atoms with Crippen LogP contribution in [0.4, 0.5) is 14.6 Å². The zero-order valence-corrected chi connectivity index (χ0v) is 10.4. The first-order valence-electron chi connectivity index (χ1n) is 5.80. The van der Waals surface area contributed by atoms with Crippen molar-refractivity contribution >= 4 is 11.7 Å². The van der Waals surface area contributed by atoms with E-state index in [9.17, 15) is 13.6 Å². The fraction of sp³-hybridized carbons (Fsp3) is 0.154. The molecule has 0 aliphatic heterocycles. The van der Waals surface area contributed by atoms with Crippen LogP contribution in [0.3, 0.4) is 0 Å². The molecule has 0 bridgehead atoms. The molecule has 2 aromatic rings. The third-order valence-corrected chi connectivity index (χ3v) is 2.52. The lowest BCUT2D eigenvalue weighted by molar-refractivity contribution is 0.0891. The number of anilines is 1. The van der Waals surface area contributed by atoms with E-state index in [1.165, 1.54) is 24.5 Å². The van der Waals surface area contributed by atoms with Gasteiger partial charge in [-0.15, -0.1) is 0 Å². The minimum Gasteiger partial charge on any atom is -0.384 e. The van der Waals surface area contributed by atoms with Gasteiger partial charge in [0.25, 0.3) is 12.3 Å². The second-order valence-corrected chi connectivity index (χ2v) is 4.00. The topological polar surface area (TPSA) is 80.9 Å². The summed E-state index contributed by atoms with van der Waals surface area (Å²) >= 11 is 0. The summed E-state index contributed by atoms with van der Waals surface area (Å²) in [5.41, 5.74) is 6.94. The van der Waals surface area contributed by atoms with Gasteiger partial charge in [-0.2, -0.15) is 0 Å². The lowest BCUT2D eigenvalue weighted by atomic mass is 10.1. The number of carbonyl (C=O) groups is 1. The lowest BCUT2D eigenvalue weighted by Gasteiger charge is -2.06. The molecule has 0 unspecified atom stereocenters. The predicted molar refractivity (Wildman–Crippen MR) is 70.2 cm³/mol. The number of hydrogen-bond acceptors (Lipinski definition) is 4. The Morgan fingerprint density at radius 2 is 2.10 bits per heavy atom. The highest BCUT2D eigenvalue weighted by atomic mass is 19.3. The van der Waals surface area contributed by atoms with Crippen LogP contribution in [0.15, 0.2) is 36.7 Å². The lowest BCUT2D eigenvalue weighted by Crippen LogP contribution is -2.28. The van der Waals surface area contributed by atoms with E-state index in [2.05, 4.69) is 15.3 Å². The molecule has 5 nitrogen and oxygen atoms in total. The van der Waals surface area contributed by atoms with E-state index < -0.39 is 18.9 Å². The molecule has 20 heavy (non-hydrogen) atoms. The fourth-order valence-corrected chi connectivity index (χ4v) is 1.56. The molecular formula is C13H12F2N4O. The van der Waals surface area contributed by atoms with Crippen molar-refractivity contribution in [1.29, 1.82) is 0 Å². The number of halogens is 2. The molecule has 0 saturated heterocycles. The SMILES string of the molecule is Nc1ccc(-c2cc(C(=O)NCC(F)F)ccn2)cn1. The van der Waals surface area contributed by atoms with Crippen LogP contribution < -0.4 is 11.1 Å². The van der Waals surface area contributed by atoms with Crippen molar-refractivity contribution in [1.82, 2.24) is 15.3 Å². The molecule has 0 radical (unpaired) electrons. The Bertz CT molecular complexity index is 602. The maximum absolute atomic E-state index is 12.0. The van der Waals surface area contributed by atoms with Gasteiger partial charge >= 0.3 is 0 Å². The smallest absolute Gasteiger partial charge is 0.255 e. The number of amides is 1. The number of carbonyl (C=O) groups excluding carboxylic acids is 1. The molecule has 104 valence electrons. The van der Waals surface area contributed by atoms with Crippen LogP contribution in [0.2, 0.25) is 0 Å². The van der Waals surface area contributed by atoms with Gasteiger partial charge in [-0.05, 0) is 24.3 Å². The number of alkyl halides is 2. The Morgan fingerprint density at radius 1 is 1.30 bits per heavy atom. The zero-order chi connectivity index (χ0) is 14.5. The number of nitrogens with one attached hydrogen (secondary N) is 1. The maximum atomic E-state index is 12.0. The summed E-state index contributed by atoms with van der Waals surface area (Å²) in [6.07, 6.45) is 0.378. The number of aromatic nitrogens is 2. The van der Waals surface area contributed by atoms with E-state index in [0.717, 1.165) is 0 Å². The van der Waals surface area contributed by atoms with Crippen molar-refractivity contribution < 1.29 is 13.6 Å². The van der Waals surface area contributed by atoms with Crippen LogP contribution in [0, 0.1) is 0 Å². The van der Waals surface area contributed by atoms with Crippen LogP contribution >= 0.6 is 0 Å². The molecule has 0 saturated carbocycles. The molecule has 0 aromatic carbocycles. The second kappa shape index (κ2) is 6.05. The molecule has 7 heteroatoms. The summed E-state index contributed by atoms with van der Waals surface area (Å²) in [6, 6.07) is 6.29. The Balaban J connectivity index is 2.19. The summed E-state index contributed by atoms with van der Waals surface area (Å²) < 4.78 is 24.1. The van der Waals surface area contributed by atoms with Crippen LogP contribution in [-0.2, 0) is 0 Å². The van der Waals surface area contributed by atoms with Crippen molar-refractivity contribution in [2.75, 3.05) is 12.3 Å². The number of nitrogen functional groups attached to an aromatic ring is 1. The van der Waals surface area contributed by atoms with Crippen molar-refractivity contribution in [2.24, 2.45) is 0 Å². The first-order valence-corrected chi connectivity index (χ1v) is 5.80. The first kappa shape index (κ1) is 13.9. The number of hydrogen-bond donors (Lipinski definition) is 2. The molecular weight excluding hydrogens is 266 g/mol. The largest absolute Gasteiger partial charge is 0.384 e. The molecule has 2 heterocycles. The van der Waals surface area contributed by atoms with Gasteiger partial charge in [0.1, 0.15) is 5.82 Å². The standard InChI is InChI=1S/C13H12F2N4O/c14-11(15)7-19-13(20)8-3-4-17-10(5-8)9-1-2-12(16)18-6-9/h1-6,11H,7H2,(H2,16,18)(H,19,20). The van der Waals surface area contributed by atoms with Gasteiger partial charge in [0.05, 0.1) is 12.2 Å². The quantitative estimate of drug-likeness (QED) is 0.892. The second-order valence-electron chi connectivity index (χ2n) is 4.00. The summed E-state index contributed by atoms with van der Waals surface area (Å²) in [7, 11) is 0. The van der Waals surface area contributed by atoms with Gasteiger partial charge in [0, 0.05) is 23.5 Å². The van der Waals surface area contributed by atoms with E-state index in [4.69, 9.17) is 5.73 Å². The minimum atomic E-state index is -2.58. The van der Waals surface area contributed by atoms with Gasteiger partial charge in [-0.25, -0.2) is 13.8 Å². The molecule has 1 amide bonds. The number of nitrogens with zero attached hydrogens (tertiary/aromatic N) is 2. The third kappa shape index (κ3) is 3.47. The van der Waals surface area contributed by atoms with E-state index in [1.54, 1.807) is 12.1 Å². The van der Waals surface area contributed by atoms with Crippen LogP contribution in [0.25, 0.3) is 11.3 Å². The molecule has 0 spiro atoms. The van der Waals surface area contributed by atoms with Gasteiger partial charge in [-0.1, -0.05) is 0 Å². The maximum Gasteiger partial charge on any atom is 0.255 e. The minimum absolute atomic E-state index is 0.257. The van der Waals surface area contributed by atoms with Crippen molar-refractivity contribution in [2.45, 2.75) is 6.43 Å².